The summed E-state index contributed by atoms with van der Waals surface area (Å²) >= 11 is 0. The van der Waals surface area contributed by atoms with Gasteiger partial charge in [-0.1, -0.05) is 19.3 Å². The van der Waals surface area contributed by atoms with Crippen LogP contribution in [0.1, 0.15) is 32.1 Å². The van der Waals surface area contributed by atoms with Gasteiger partial charge in [0.15, 0.2) is 0 Å². The topological polar surface area (TPSA) is 69.6 Å². The summed E-state index contributed by atoms with van der Waals surface area (Å²) in [5, 5.41) is 11.6. The second-order valence-electron chi connectivity index (χ2n) is 5.13. The van der Waals surface area contributed by atoms with Crippen LogP contribution in [0.15, 0.2) is 0 Å². The summed E-state index contributed by atoms with van der Waals surface area (Å²) in [6.45, 7) is 1.45. The molecule has 17 heavy (non-hydrogen) atoms. The molecule has 0 radical (unpaired) electrons. The Bertz CT molecular complexity index is 294. The van der Waals surface area contributed by atoms with Crippen molar-refractivity contribution in [3.63, 3.8) is 0 Å². The fraction of sp³-hybridized carbons (Fsp3) is 0.833. The van der Waals surface area contributed by atoms with Crippen LogP contribution in [0.5, 0.6) is 0 Å². The number of hydrogen-bond acceptors (Lipinski definition) is 2. The number of rotatable bonds is 3. The SMILES string of the molecule is O=C(O)C1CN(C(=O)NCC2CCCCC2)C1. The summed E-state index contributed by atoms with van der Waals surface area (Å²) in [6.07, 6.45) is 6.27. The van der Waals surface area contributed by atoms with Gasteiger partial charge in [0.25, 0.3) is 0 Å². The summed E-state index contributed by atoms with van der Waals surface area (Å²) < 4.78 is 0. The average molecular weight is 240 g/mol. The first-order valence-electron chi connectivity index (χ1n) is 6.42. The van der Waals surface area contributed by atoms with Crippen LogP contribution in [0.4, 0.5) is 4.79 Å². The van der Waals surface area contributed by atoms with E-state index in [9.17, 15) is 9.59 Å². The van der Waals surface area contributed by atoms with Crippen LogP contribution in [-0.2, 0) is 4.79 Å². The van der Waals surface area contributed by atoms with E-state index in [4.69, 9.17) is 5.11 Å². The summed E-state index contributed by atoms with van der Waals surface area (Å²) in [5.74, 6) is -0.555. The van der Waals surface area contributed by atoms with Crippen molar-refractivity contribution in [2.75, 3.05) is 19.6 Å². The third-order valence-electron chi connectivity index (χ3n) is 3.78. The molecule has 5 nitrogen and oxygen atoms in total. The molecule has 0 atom stereocenters. The second kappa shape index (κ2) is 5.38. The van der Waals surface area contributed by atoms with Crippen molar-refractivity contribution in [3.8, 4) is 0 Å². The first kappa shape index (κ1) is 12.2. The Labute approximate surface area is 101 Å². The quantitative estimate of drug-likeness (QED) is 0.781. The van der Waals surface area contributed by atoms with Crippen LogP contribution < -0.4 is 5.32 Å². The number of amides is 2. The van der Waals surface area contributed by atoms with Crippen LogP contribution in [0.3, 0.4) is 0 Å². The Hall–Kier alpha value is -1.26. The lowest BCUT2D eigenvalue weighted by Crippen LogP contribution is -2.56. The van der Waals surface area contributed by atoms with Crippen LogP contribution >= 0.6 is 0 Å². The first-order chi connectivity index (χ1) is 8.16. The number of aliphatic carboxylic acids is 1. The molecule has 1 saturated carbocycles. The normalized spacial score (nSPS) is 22.0. The molecular weight excluding hydrogens is 220 g/mol. The van der Waals surface area contributed by atoms with Gasteiger partial charge in [0, 0.05) is 19.6 Å². The molecule has 0 aromatic carbocycles. The maximum atomic E-state index is 11.7. The van der Waals surface area contributed by atoms with E-state index in [1.165, 1.54) is 32.1 Å². The van der Waals surface area contributed by atoms with E-state index in [-0.39, 0.29) is 11.9 Å². The van der Waals surface area contributed by atoms with Crippen molar-refractivity contribution in [1.29, 1.82) is 0 Å². The van der Waals surface area contributed by atoms with Gasteiger partial charge in [0.05, 0.1) is 5.92 Å². The predicted molar refractivity (Wildman–Crippen MR) is 62.7 cm³/mol. The molecule has 2 N–H and O–H groups in total. The zero-order valence-electron chi connectivity index (χ0n) is 10.0. The lowest BCUT2D eigenvalue weighted by atomic mass is 9.89. The first-order valence-corrected chi connectivity index (χ1v) is 6.42. The molecule has 0 spiro atoms. The minimum atomic E-state index is -0.804. The lowest BCUT2D eigenvalue weighted by Gasteiger charge is -2.37. The van der Waals surface area contributed by atoms with Crippen molar-refractivity contribution < 1.29 is 14.7 Å². The van der Waals surface area contributed by atoms with Gasteiger partial charge in [-0.2, -0.15) is 0 Å². The highest BCUT2D eigenvalue weighted by Gasteiger charge is 2.35. The maximum Gasteiger partial charge on any atom is 0.317 e. The smallest absolute Gasteiger partial charge is 0.317 e. The number of nitrogens with one attached hydrogen (secondary N) is 1. The van der Waals surface area contributed by atoms with E-state index in [0.29, 0.717) is 19.0 Å². The number of urea groups is 1. The van der Waals surface area contributed by atoms with E-state index in [0.717, 1.165) is 6.54 Å². The van der Waals surface area contributed by atoms with Gasteiger partial charge in [-0.05, 0) is 18.8 Å². The summed E-state index contributed by atoms with van der Waals surface area (Å²) in [6, 6.07) is -0.104. The van der Waals surface area contributed by atoms with Crippen molar-refractivity contribution >= 4 is 12.0 Å². The number of hydrogen-bond donors (Lipinski definition) is 2. The molecule has 1 aliphatic heterocycles. The van der Waals surface area contributed by atoms with Crippen molar-refractivity contribution in [2.24, 2.45) is 11.8 Å². The van der Waals surface area contributed by atoms with Crippen LogP contribution in [0.25, 0.3) is 0 Å². The molecule has 96 valence electrons. The molecule has 2 fully saturated rings. The highest BCUT2D eigenvalue weighted by Crippen LogP contribution is 2.23. The number of carbonyl (C=O) groups is 2. The van der Waals surface area contributed by atoms with Gasteiger partial charge in [-0.3, -0.25) is 4.79 Å². The molecule has 0 unspecified atom stereocenters. The largest absolute Gasteiger partial charge is 0.481 e. The van der Waals surface area contributed by atoms with E-state index in [1.54, 1.807) is 4.90 Å². The predicted octanol–water partition coefficient (Wildman–Crippen LogP) is 1.29. The summed E-state index contributed by atoms with van der Waals surface area (Å²) in [7, 11) is 0. The monoisotopic (exact) mass is 240 g/mol. The van der Waals surface area contributed by atoms with Gasteiger partial charge >= 0.3 is 12.0 Å². The van der Waals surface area contributed by atoms with Crippen LogP contribution in [0.2, 0.25) is 0 Å². The third kappa shape index (κ3) is 3.11. The lowest BCUT2D eigenvalue weighted by molar-refractivity contribution is -0.146. The number of carboxylic acid groups (broad SMARTS) is 1. The second-order valence-corrected chi connectivity index (χ2v) is 5.13. The van der Waals surface area contributed by atoms with Gasteiger partial charge in [-0.15, -0.1) is 0 Å². The Morgan fingerprint density at radius 2 is 1.82 bits per heavy atom. The molecule has 5 heteroatoms. The van der Waals surface area contributed by atoms with Crippen molar-refractivity contribution in [3.05, 3.63) is 0 Å². The van der Waals surface area contributed by atoms with Gasteiger partial charge < -0.3 is 15.3 Å². The fourth-order valence-corrected chi connectivity index (χ4v) is 2.54. The molecule has 0 aromatic heterocycles. The number of nitrogens with zero attached hydrogens (tertiary/aromatic N) is 1. The fourth-order valence-electron chi connectivity index (χ4n) is 2.54. The van der Waals surface area contributed by atoms with E-state index < -0.39 is 5.97 Å². The molecule has 1 aliphatic carbocycles. The highest BCUT2D eigenvalue weighted by atomic mass is 16.4. The third-order valence-corrected chi connectivity index (χ3v) is 3.78. The minimum Gasteiger partial charge on any atom is -0.481 e. The zero-order chi connectivity index (χ0) is 12.3. The average Bonchev–Trinajstić information content (AvgIpc) is 2.25. The van der Waals surface area contributed by atoms with Crippen LogP contribution in [-0.4, -0.2) is 41.6 Å². The molecule has 1 saturated heterocycles. The Balaban J connectivity index is 1.63. The Morgan fingerprint density at radius 3 is 2.41 bits per heavy atom. The van der Waals surface area contributed by atoms with E-state index in [2.05, 4.69) is 5.32 Å². The number of carboxylic acids is 1. The van der Waals surface area contributed by atoms with E-state index in [1.807, 2.05) is 0 Å². The minimum absolute atomic E-state index is 0.104. The van der Waals surface area contributed by atoms with Crippen LogP contribution in [0, 0.1) is 11.8 Å². The Kier molecular flexibility index (Phi) is 3.86. The molecule has 1 heterocycles. The standard InChI is InChI=1S/C12H20N2O3/c15-11(16)10-7-14(8-10)12(17)13-6-9-4-2-1-3-5-9/h9-10H,1-8H2,(H,13,17)(H,15,16). The summed E-state index contributed by atoms with van der Waals surface area (Å²) in [5.41, 5.74) is 0. The van der Waals surface area contributed by atoms with Crippen molar-refractivity contribution in [1.82, 2.24) is 10.2 Å². The highest BCUT2D eigenvalue weighted by molar-refractivity contribution is 5.79. The van der Waals surface area contributed by atoms with Gasteiger partial charge in [-0.25, -0.2) is 4.79 Å². The van der Waals surface area contributed by atoms with E-state index >= 15 is 0 Å². The zero-order valence-corrected chi connectivity index (χ0v) is 10.0. The molecule has 2 amide bonds. The van der Waals surface area contributed by atoms with Crippen molar-refractivity contribution in [2.45, 2.75) is 32.1 Å². The van der Waals surface area contributed by atoms with Gasteiger partial charge in [0.1, 0.15) is 0 Å². The molecule has 2 aliphatic rings. The molecule has 2 rings (SSSR count). The summed E-state index contributed by atoms with van der Waals surface area (Å²) in [4.78, 5) is 23.8. The number of carbonyl (C=O) groups excluding carboxylic acids is 1. The molecular formula is C12H20N2O3. The number of likely N-dealkylation sites (tertiary alicyclic amines) is 1. The Morgan fingerprint density at radius 1 is 1.18 bits per heavy atom. The maximum absolute atomic E-state index is 11.7. The van der Waals surface area contributed by atoms with Gasteiger partial charge in [0.2, 0.25) is 0 Å². The molecule has 0 bridgehead atoms. The molecule has 0 aromatic rings.